The molecule has 6 aromatic rings. The number of fused-ring (bicyclic) bond motifs is 1. The Morgan fingerprint density at radius 2 is 1.32 bits per heavy atom. The lowest BCUT2D eigenvalue weighted by atomic mass is 9.92. The fraction of sp³-hybridized carbons (Fsp3) is 0.0980. The zero-order valence-electron chi connectivity index (χ0n) is 30.5. The summed E-state index contributed by atoms with van der Waals surface area (Å²) in [5.74, 6) is 0.903. The van der Waals surface area contributed by atoms with Gasteiger partial charge in [-0.05, 0) is 91.1 Å². The number of ether oxygens (including phenoxy) is 2. The molecule has 0 spiro atoms. The van der Waals surface area contributed by atoms with Crippen molar-refractivity contribution in [2.45, 2.75) is 19.4 Å². The lowest BCUT2D eigenvalue weighted by Gasteiger charge is -2.14. The lowest BCUT2D eigenvalue weighted by Crippen LogP contribution is -1.97. The minimum absolute atomic E-state index is 0.566. The van der Waals surface area contributed by atoms with Crippen LogP contribution in [0.15, 0.2) is 183 Å². The fourth-order valence-electron chi connectivity index (χ4n) is 7.06. The van der Waals surface area contributed by atoms with Gasteiger partial charge < -0.3 is 9.47 Å². The van der Waals surface area contributed by atoms with E-state index in [1.54, 1.807) is 14.2 Å². The molecule has 0 atom stereocenters. The lowest BCUT2D eigenvalue weighted by molar-refractivity contribution is 0.184. The molecule has 6 aromatic carbocycles. The molecule has 0 unspecified atom stereocenters. The molecule has 0 aromatic heterocycles. The molecule has 2 heteroatoms. The average molecular weight is 689 g/mol. The maximum Gasteiger partial charge on any atom is 0.126 e. The van der Waals surface area contributed by atoms with E-state index >= 15 is 0 Å². The highest BCUT2D eigenvalue weighted by molar-refractivity contribution is 6.00. The van der Waals surface area contributed by atoms with Gasteiger partial charge in [-0.25, -0.2) is 0 Å². The Morgan fingerprint density at radius 1 is 0.660 bits per heavy atom. The van der Waals surface area contributed by atoms with E-state index in [9.17, 15) is 0 Å². The van der Waals surface area contributed by atoms with Crippen LogP contribution in [0.3, 0.4) is 0 Å². The first-order valence-electron chi connectivity index (χ1n) is 18.2. The van der Waals surface area contributed by atoms with Crippen molar-refractivity contribution in [1.29, 1.82) is 0 Å². The molecular formula is C51H44O2. The van der Waals surface area contributed by atoms with E-state index in [1.165, 1.54) is 49.9 Å². The standard InChI is InChI=1S/C51H44O2/c1-4-11-46(47-17-6-5-14-45(47)36-52-2)44-32-29-42(30-33-44)41-26-22-38(23-27-41)13-9-12-37-20-24-40(25-21-37)39-15-10-16-43(31-28-39)48-34-35-51(53-3)50-19-8-7-18-49(48)50/h4-9,11,13-35H,1,10,12,36H2,2-3H3/b13-9+,46-11-. The first-order valence-corrected chi connectivity index (χ1v) is 18.2. The van der Waals surface area contributed by atoms with Crippen LogP contribution in [0.4, 0.5) is 0 Å². The van der Waals surface area contributed by atoms with Gasteiger partial charge in [-0.15, -0.1) is 0 Å². The molecular weight excluding hydrogens is 645 g/mol. The van der Waals surface area contributed by atoms with Gasteiger partial charge in [0.1, 0.15) is 5.75 Å². The van der Waals surface area contributed by atoms with E-state index in [1.807, 2.05) is 6.08 Å². The zero-order valence-corrected chi connectivity index (χ0v) is 30.5. The van der Waals surface area contributed by atoms with Gasteiger partial charge in [-0.2, -0.15) is 0 Å². The molecule has 0 bridgehead atoms. The summed E-state index contributed by atoms with van der Waals surface area (Å²) < 4.78 is 11.1. The maximum atomic E-state index is 5.62. The van der Waals surface area contributed by atoms with Crippen LogP contribution in [-0.4, -0.2) is 14.2 Å². The number of allylic oxidation sites excluding steroid dienone is 9. The SMILES string of the molecule is C=C/C=C(/c1ccc(-c2ccc(/C=C/Cc3ccc(C4=CCC=C(c5ccc(OC)c6ccccc56)C=C4)cc3)cc2)cc1)c1ccccc1COC. The molecule has 2 nitrogen and oxygen atoms in total. The van der Waals surface area contributed by atoms with Crippen LogP contribution in [0.5, 0.6) is 5.75 Å². The van der Waals surface area contributed by atoms with Crippen LogP contribution in [0.1, 0.15) is 45.4 Å². The normalized spacial score (nSPS) is 13.1. The van der Waals surface area contributed by atoms with E-state index in [0.717, 1.165) is 46.2 Å². The number of hydrogen-bond acceptors (Lipinski definition) is 2. The molecule has 0 saturated heterocycles. The van der Waals surface area contributed by atoms with Crippen molar-refractivity contribution in [2.75, 3.05) is 14.2 Å². The topological polar surface area (TPSA) is 18.5 Å². The third-order valence-electron chi connectivity index (χ3n) is 9.82. The zero-order chi connectivity index (χ0) is 36.4. The third kappa shape index (κ3) is 8.15. The van der Waals surface area contributed by atoms with Crippen molar-refractivity contribution in [3.8, 4) is 16.9 Å². The molecule has 0 aliphatic heterocycles. The van der Waals surface area contributed by atoms with Gasteiger partial charge >= 0.3 is 0 Å². The van der Waals surface area contributed by atoms with Gasteiger partial charge in [0.2, 0.25) is 0 Å². The van der Waals surface area contributed by atoms with Gasteiger partial charge in [-0.1, -0.05) is 183 Å². The minimum Gasteiger partial charge on any atom is -0.496 e. The molecule has 0 fully saturated rings. The van der Waals surface area contributed by atoms with Gasteiger partial charge in [0.25, 0.3) is 0 Å². The third-order valence-corrected chi connectivity index (χ3v) is 9.82. The summed E-state index contributed by atoms with van der Waals surface area (Å²) in [5, 5.41) is 2.34. The van der Waals surface area contributed by atoms with Crippen molar-refractivity contribution in [3.63, 3.8) is 0 Å². The average Bonchev–Trinajstić information content (AvgIpc) is 3.47. The summed E-state index contributed by atoms with van der Waals surface area (Å²) in [4.78, 5) is 0. The number of methoxy groups -OCH3 is 2. The Kier molecular flexibility index (Phi) is 11.2. The number of benzene rings is 6. The predicted molar refractivity (Wildman–Crippen MR) is 226 cm³/mol. The molecule has 0 saturated carbocycles. The number of rotatable bonds is 12. The van der Waals surface area contributed by atoms with Crippen LogP contribution < -0.4 is 4.74 Å². The molecule has 1 aliphatic carbocycles. The second kappa shape index (κ2) is 16.9. The molecule has 0 heterocycles. The second-order valence-electron chi connectivity index (χ2n) is 13.2. The van der Waals surface area contributed by atoms with Crippen molar-refractivity contribution < 1.29 is 9.47 Å². The minimum atomic E-state index is 0.566. The quantitative estimate of drug-likeness (QED) is 0.119. The van der Waals surface area contributed by atoms with Crippen LogP contribution in [0.2, 0.25) is 0 Å². The van der Waals surface area contributed by atoms with E-state index in [4.69, 9.17) is 9.47 Å². The molecule has 0 amide bonds. The molecule has 0 radical (unpaired) electrons. The largest absolute Gasteiger partial charge is 0.496 e. The summed E-state index contributed by atoms with van der Waals surface area (Å²) in [6.45, 7) is 4.53. The van der Waals surface area contributed by atoms with Crippen LogP contribution in [-0.2, 0) is 17.8 Å². The van der Waals surface area contributed by atoms with Gasteiger partial charge in [0.05, 0.1) is 13.7 Å². The van der Waals surface area contributed by atoms with Crippen molar-refractivity contribution >= 4 is 33.6 Å². The van der Waals surface area contributed by atoms with Gasteiger partial charge in [-0.3, -0.25) is 0 Å². The van der Waals surface area contributed by atoms with E-state index < -0.39 is 0 Å². The van der Waals surface area contributed by atoms with Crippen molar-refractivity contribution in [3.05, 3.63) is 222 Å². The summed E-state index contributed by atoms with van der Waals surface area (Å²) in [7, 11) is 3.46. The Hall–Kier alpha value is -6.22. The summed E-state index contributed by atoms with van der Waals surface area (Å²) >= 11 is 0. The summed E-state index contributed by atoms with van der Waals surface area (Å²) in [6, 6.07) is 47.6. The molecule has 1 aliphatic rings. The maximum absolute atomic E-state index is 5.62. The van der Waals surface area contributed by atoms with Crippen LogP contribution in [0.25, 0.3) is 44.7 Å². The highest BCUT2D eigenvalue weighted by atomic mass is 16.5. The first kappa shape index (κ1) is 35.2. The van der Waals surface area contributed by atoms with E-state index in [2.05, 4.69) is 183 Å². The summed E-state index contributed by atoms with van der Waals surface area (Å²) in [6.07, 6.45) is 19.2. The monoisotopic (exact) mass is 688 g/mol. The highest BCUT2D eigenvalue weighted by Crippen LogP contribution is 2.35. The molecule has 53 heavy (non-hydrogen) atoms. The Labute approximate surface area is 314 Å². The van der Waals surface area contributed by atoms with Crippen LogP contribution in [0, 0.1) is 0 Å². The fourth-order valence-corrected chi connectivity index (χ4v) is 7.06. The number of hydrogen-bond donors (Lipinski definition) is 0. The smallest absolute Gasteiger partial charge is 0.126 e. The van der Waals surface area contributed by atoms with Gasteiger partial charge in [0, 0.05) is 12.5 Å². The van der Waals surface area contributed by atoms with E-state index in [0.29, 0.717) is 6.61 Å². The Morgan fingerprint density at radius 3 is 2.06 bits per heavy atom. The predicted octanol–water partition coefficient (Wildman–Crippen LogP) is 13.0. The Balaban J connectivity index is 0.970. The van der Waals surface area contributed by atoms with Gasteiger partial charge in [0.15, 0.2) is 0 Å². The first-order chi connectivity index (χ1) is 26.1. The van der Waals surface area contributed by atoms with E-state index in [-0.39, 0.29) is 0 Å². The molecule has 260 valence electrons. The molecule has 0 N–H and O–H groups in total. The van der Waals surface area contributed by atoms with Crippen molar-refractivity contribution in [1.82, 2.24) is 0 Å². The summed E-state index contributed by atoms with van der Waals surface area (Å²) in [5.41, 5.74) is 14.4. The second-order valence-corrected chi connectivity index (χ2v) is 13.2. The molecule has 7 rings (SSSR count). The Bertz CT molecular complexity index is 2360. The van der Waals surface area contributed by atoms with Crippen LogP contribution >= 0.6 is 0 Å². The van der Waals surface area contributed by atoms with Crippen molar-refractivity contribution in [2.24, 2.45) is 0 Å². The highest BCUT2D eigenvalue weighted by Gasteiger charge is 2.12.